The fourth-order valence-electron chi connectivity index (χ4n) is 4.02. The van der Waals surface area contributed by atoms with E-state index in [2.05, 4.69) is 32.6 Å². The molecular weight excluding hydrogens is 364 g/mol. The van der Waals surface area contributed by atoms with Crippen molar-refractivity contribution in [3.8, 4) is 11.1 Å². The maximum Gasteiger partial charge on any atom is 0.166 e. The maximum absolute atomic E-state index is 14.8. The Morgan fingerprint density at radius 3 is 2.17 bits per heavy atom. The van der Waals surface area contributed by atoms with E-state index in [9.17, 15) is 8.78 Å². The Morgan fingerprint density at radius 1 is 0.931 bits per heavy atom. The summed E-state index contributed by atoms with van der Waals surface area (Å²) in [6.45, 7) is 15.1. The van der Waals surface area contributed by atoms with Crippen molar-refractivity contribution >= 4 is 0 Å². The fourth-order valence-corrected chi connectivity index (χ4v) is 4.02. The number of rotatable bonds is 5. The lowest BCUT2D eigenvalue weighted by Crippen LogP contribution is -2.35. The molecule has 1 heterocycles. The normalized spacial score (nSPS) is 15.5. The van der Waals surface area contributed by atoms with Gasteiger partial charge in [0.05, 0.1) is 0 Å². The quantitative estimate of drug-likeness (QED) is 0.497. The van der Waals surface area contributed by atoms with E-state index in [0.29, 0.717) is 29.5 Å². The average Bonchev–Trinajstić information content (AvgIpc) is 2.73. The zero-order valence-electron chi connectivity index (χ0n) is 18.9. The van der Waals surface area contributed by atoms with Crippen molar-refractivity contribution in [2.45, 2.75) is 66.8 Å². The van der Waals surface area contributed by atoms with Gasteiger partial charge < -0.3 is 0 Å². The van der Waals surface area contributed by atoms with E-state index in [1.165, 1.54) is 0 Å². The summed E-state index contributed by atoms with van der Waals surface area (Å²) in [7, 11) is 0. The van der Waals surface area contributed by atoms with Crippen LogP contribution in [-0.2, 0) is 6.54 Å². The van der Waals surface area contributed by atoms with Crippen LogP contribution in [0.1, 0.15) is 71.4 Å². The predicted molar refractivity (Wildman–Crippen MR) is 120 cm³/mol. The molecule has 3 rings (SSSR count). The van der Waals surface area contributed by atoms with E-state index in [4.69, 9.17) is 0 Å². The molecule has 0 amide bonds. The first-order valence-corrected chi connectivity index (χ1v) is 11.2. The molecule has 0 atom stereocenters. The van der Waals surface area contributed by atoms with Gasteiger partial charge in [-0.1, -0.05) is 77.9 Å². The third kappa shape index (κ3) is 5.88. The Balaban J connectivity index is 0.00000145. The second-order valence-electron chi connectivity index (χ2n) is 8.54. The van der Waals surface area contributed by atoms with Crippen molar-refractivity contribution < 1.29 is 8.78 Å². The maximum atomic E-state index is 14.8. The lowest BCUT2D eigenvalue weighted by Gasteiger charge is -2.34. The highest BCUT2D eigenvalue weighted by molar-refractivity contribution is 5.65. The zero-order chi connectivity index (χ0) is 21.6. The lowest BCUT2D eigenvalue weighted by molar-refractivity contribution is 0.150. The van der Waals surface area contributed by atoms with Crippen LogP contribution >= 0.6 is 0 Å². The molecule has 2 aromatic rings. The summed E-state index contributed by atoms with van der Waals surface area (Å²) in [5, 5.41) is 0. The van der Waals surface area contributed by atoms with Gasteiger partial charge >= 0.3 is 0 Å². The van der Waals surface area contributed by atoms with Crippen LogP contribution in [0.4, 0.5) is 8.78 Å². The Kier molecular flexibility index (Phi) is 8.82. The van der Waals surface area contributed by atoms with E-state index in [1.807, 2.05) is 38.1 Å². The molecule has 1 saturated heterocycles. The molecule has 1 fully saturated rings. The van der Waals surface area contributed by atoms with Gasteiger partial charge in [0.1, 0.15) is 0 Å². The molecule has 0 aromatic heterocycles. The minimum Gasteiger partial charge on any atom is -0.299 e. The van der Waals surface area contributed by atoms with Gasteiger partial charge in [-0.15, -0.1) is 0 Å². The third-order valence-electron chi connectivity index (χ3n) is 6.00. The largest absolute Gasteiger partial charge is 0.299 e. The van der Waals surface area contributed by atoms with Crippen LogP contribution in [0.3, 0.4) is 0 Å². The van der Waals surface area contributed by atoms with Crippen molar-refractivity contribution in [2.75, 3.05) is 13.1 Å². The van der Waals surface area contributed by atoms with E-state index in [-0.39, 0.29) is 0 Å². The number of hydrogen-bond donors (Lipinski definition) is 0. The summed E-state index contributed by atoms with van der Waals surface area (Å²) in [4.78, 5) is 2.25. The highest BCUT2D eigenvalue weighted by Crippen LogP contribution is 2.30. The van der Waals surface area contributed by atoms with Gasteiger partial charge in [0.15, 0.2) is 11.6 Å². The van der Waals surface area contributed by atoms with Crippen molar-refractivity contribution in [2.24, 2.45) is 11.8 Å². The number of benzene rings is 2. The molecule has 160 valence electrons. The fraction of sp³-hybridized carbons (Fsp3) is 0.538. The van der Waals surface area contributed by atoms with Crippen LogP contribution < -0.4 is 0 Å². The Bertz CT molecular complexity index is 774. The van der Waals surface area contributed by atoms with Gasteiger partial charge in [0.2, 0.25) is 0 Å². The molecule has 0 spiro atoms. The lowest BCUT2D eigenvalue weighted by atomic mass is 9.86. The van der Waals surface area contributed by atoms with Crippen LogP contribution in [0, 0.1) is 23.5 Å². The summed E-state index contributed by atoms with van der Waals surface area (Å²) in [6, 6.07) is 11.2. The Labute approximate surface area is 176 Å². The van der Waals surface area contributed by atoms with Crippen LogP contribution in [0.25, 0.3) is 11.1 Å². The zero-order valence-corrected chi connectivity index (χ0v) is 18.9. The Morgan fingerprint density at radius 2 is 1.59 bits per heavy atom. The smallest absolute Gasteiger partial charge is 0.166 e. The van der Waals surface area contributed by atoms with Gasteiger partial charge in [-0.3, -0.25) is 4.90 Å². The SMILES string of the molecule is CC.CC(C)c1cccc(-c2ccc(CN3CCC(C(C)C)CC3)c(F)c2F)c1. The molecule has 0 unspecified atom stereocenters. The highest BCUT2D eigenvalue weighted by Gasteiger charge is 2.23. The summed E-state index contributed by atoms with van der Waals surface area (Å²) in [6.07, 6.45) is 2.28. The van der Waals surface area contributed by atoms with E-state index < -0.39 is 11.6 Å². The molecule has 29 heavy (non-hydrogen) atoms. The molecule has 0 radical (unpaired) electrons. The second-order valence-corrected chi connectivity index (χ2v) is 8.54. The minimum absolute atomic E-state index is 0.345. The first-order valence-electron chi connectivity index (χ1n) is 11.2. The van der Waals surface area contributed by atoms with Crippen LogP contribution in [0.15, 0.2) is 36.4 Å². The van der Waals surface area contributed by atoms with Crippen molar-refractivity contribution in [3.63, 3.8) is 0 Å². The number of likely N-dealkylation sites (tertiary alicyclic amines) is 1. The molecule has 0 saturated carbocycles. The molecule has 0 aliphatic carbocycles. The monoisotopic (exact) mass is 401 g/mol. The van der Waals surface area contributed by atoms with Crippen LogP contribution in [0.2, 0.25) is 0 Å². The third-order valence-corrected chi connectivity index (χ3v) is 6.00. The van der Waals surface area contributed by atoms with Gasteiger partial charge in [-0.25, -0.2) is 8.78 Å². The number of hydrogen-bond acceptors (Lipinski definition) is 1. The van der Waals surface area contributed by atoms with Gasteiger partial charge in [-0.2, -0.15) is 0 Å². The van der Waals surface area contributed by atoms with E-state index >= 15 is 0 Å². The molecule has 3 heteroatoms. The number of piperidine rings is 1. The van der Waals surface area contributed by atoms with Crippen molar-refractivity contribution in [3.05, 3.63) is 59.2 Å². The molecular formula is C26H37F2N. The Hall–Kier alpha value is -1.74. The van der Waals surface area contributed by atoms with Gasteiger partial charge in [0, 0.05) is 17.7 Å². The topological polar surface area (TPSA) is 3.24 Å². The summed E-state index contributed by atoms with van der Waals surface area (Å²) in [5.41, 5.74) is 2.67. The second kappa shape index (κ2) is 10.9. The molecule has 0 bridgehead atoms. The molecule has 1 aliphatic heterocycles. The standard InChI is InChI=1S/C24H31F2N.C2H6/c1-16(2)18-10-12-27(13-11-18)15-21-8-9-22(24(26)23(21)25)20-7-5-6-19(14-20)17(3)4;1-2/h5-9,14,16-18H,10-13,15H2,1-4H3;1-2H3. The molecule has 2 aromatic carbocycles. The van der Waals surface area contributed by atoms with E-state index in [0.717, 1.165) is 43.0 Å². The van der Waals surface area contributed by atoms with Crippen molar-refractivity contribution in [1.29, 1.82) is 0 Å². The van der Waals surface area contributed by atoms with Gasteiger partial charge in [-0.05, 0) is 54.8 Å². The highest BCUT2D eigenvalue weighted by atomic mass is 19.2. The molecule has 1 nitrogen and oxygen atoms in total. The average molecular weight is 402 g/mol. The number of halogens is 2. The van der Waals surface area contributed by atoms with E-state index in [1.54, 1.807) is 12.1 Å². The summed E-state index contributed by atoms with van der Waals surface area (Å²) < 4.78 is 29.6. The minimum atomic E-state index is -0.731. The molecule has 0 N–H and O–H groups in total. The molecule has 1 aliphatic rings. The van der Waals surface area contributed by atoms with Crippen LogP contribution in [-0.4, -0.2) is 18.0 Å². The first-order chi connectivity index (χ1) is 13.9. The summed E-state index contributed by atoms with van der Waals surface area (Å²) >= 11 is 0. The van der Waals surface area contributed by atoms with Gasteiger partial charge in [0.25, 0.3) is 0 Å². The number of nitrogens with zero attached hydrogens (tertiary/aromatic N) is 1. The first kappa shape index (κ1) is 23.5. The van der Waals surface area contributed by atoms with Crippen LogP contribution in [0.5, 0.6) is 0 Å². The predicted octanol–water partition coefficient (Wildman–Crippen LogP) is 7.65. The summed E-state index contributed by atoms with van der Waals surface area (Å²) in [5.74, 6) is 0.366. The van der Waals surface area contributed by atoms with Crippen molar-refractivity contribution in [1.82, 2.24) is 4.90 Å².